The van der Waals surface area contributed by atoms with E-state index in [4.69, 9.17) is 30.5 Å². The van der Waals surface area contributed by atoms with Gasteiger partial charge in [0.15, 0.2) is 29.8 Å². The van der Waals surface area contributed by atoms with Crippen molar-refractivity contribution >= 4 is 23.5 Å². The van der Waals surface area contributed by atoms with Gasteiger partial charge >= 0.3 is 11.9 Å². The topological polar surface area (TPSA) is 122 Å². The second-order valence-electron chi connectivity index (χ2n) is 7.30. The van der Waals surface area contributed by atoms with E-state index in [0.29, 0.717) is 28.7 Å². The molecule has 2 aromatic rings. The van der Waals surface area contributed by atoms with Crippen molar-refractivity contribution in [1.29, 1.82) is 0 Å². The number of halogens is 1. The Morgan fingerprint density at radius 1 is 0.725 bits per heavy atom. The van der Waals surface area contributed by atoms with Crippen molar-refractivity contribution in [3.63, 3.8) is 0 Å². The number of phenolic OH excluding ortho intramolecular Hbond substituents is 1. The van der Waals surface area contributed by atoms with Gasteiger partial charge in [-0.15, -0.1) is 0 Å². The van der Waals surface area contributed by atoms with Crippen LogP contribution in [0.1, 0.15) is 41.5 Å². The van der Waals surface area contributed by atoms with Crippen molar-refractivity contribution < 1.29 is 47.9 Å². The minimum Gasteiger partial charge on any atom is -0.504 e. The maximum Gasteiger partial charge on any atom is 0.337 e. The van der Waals surface area contributed by atoms with Crippen LogP contribution in [0.15, 0.2) is 36.4 Å². The summed E-state index contributed by atoms with van der Waals surface area (Å²) < 4.78 is 33.3. The van der Waals surface area contributed by atoms with E-state index in [2.05, 4.69) is 39.9 Å². The summed E-state index contributed by atoms with van der Waals surface area (Å²) >= 11 is 4.96. The number of nitrogens with zero attached hydrogens (tertiary/aromatic N) is 1. The molecule has 40 heavy (non-hydrogen) atoms. The highest BCUT2D eigenvalue weighted by molar-refractivity contribution is 6.17. The molecule has 0 aliphatic rings. The fourth-order valence-electron chi connectivity index (χ4n) is 2.75. The number of carbonyl (C=O) groups is 2. The molecule has 0 unspecified atom stereocenters. The lowest BCUT2D eigenvalue weighted by atomic mass is 10.2. The van der Waals surface area contributed by atoms with Gasteiger partial charge in [0.25, 0.3) is 0 Å². The van der Waals surface area contributed by atoms with Crippen LogP contribution in [0.4, 0.5) is 0 Å². The average Bonchev–Trinajstić information content (AvgIpc) is 3.00. The number of carbonyl (C=O) groups excluding carboxylic acids is 2. The SMILES string of the molecule is CCN(CC)CC.COC(=O)c1ccc(O)c(OC)c1.COCCl.COCOc1ccc(C(=O)OC)cc1OC. The van der Waals surface area contributed by atoms with Gasteiger partial charge in [0.05, 0.1) is 39.6 Å². The van der Waals surface area contributed by atoms with E-state index in [0.717, 1.165) is 0 Å². The van der Waals surface area contributed by atoms with Crippen LogP contribution in [0.3, 0.4) is 0 Å². The van der Waals surface area contributed by atoms with E-state index in [1.54, 1.807) is 25.3 Å². The van der Waals surface area contributed by atoms with Gasteiger partial charge in [-0.05, 0) is 56.0 Å². The fourth-order valence-corrected chi connectivity index (χ4v) is 2.75. The van der Waals surface area contributed by atoms with Gasteiger partial charge < -0.3 is 43.2 Å². The summed E-state index contributed by atoms with van der Waals surface area (Å²) in [6.45, 7) is 10.2. The van der Waals surface area contributed by atoms with Crippen LogP contribution in [0.2, 0.25) is 0 Å². The molecule has 0 atom stereocenters. The molecular formula is C28H44ClNO10. The first-order chi connectivity index (χ1) is 19.2. The second-order valence-corrected chi connectivity index (χ2v) is 7.52. The molecule has 0 saturated heterocycles. The average molecular weight is 590 g/mol. The summed E-state index contributed by atoms with van der Waals surface area (Å²) in [6.07, 6.45) is 0. The number of ether oxygens (including phenoxy) is 7. The van der Waals surface area contributed by atoms with Gasteiger partial charge in [0.2, 0.25) is 0 Å². The quantitative estimate of drug-likeness (QED) is 0.220. The van der Waals surface area contributed by atoms with Crippen LogP contribution >= 0.6 is 11.6 Å². The van der Waals surface area contributed by atoms with E-state index in [-0.39, 0.29) is 18.3 Å². The van der Waals surface area contributed by atoms with Crippen LogP contribution in [-0.4, -0.2) is 97.1 Å². The third kappa shape index (κ3) is 16.0. The normalized spacial score (nSPS) is 9.47. The molecule has 2 rings (SSSR count). The molecule has 1 N–H and O–H groups in total. The molecule has 0 aromatic heterocycles. The van der Waals surface area contributed by atoms with Crippen molar-refractivity contribution in [2.75, 3.05) is 75.2 Å². The Hall–Kier alpha value is -3.25. The van der Waals surface area contributed by atoms with Crippen molar-refractivity contribution in [3.05, 3.63) is 47.5 Å². The van der Waals surface area contributed by atoms with E-state index >= 15 is 0 Å². The molecule has 12 heteroatoms. The number of phenols is 1. The van der Waals surface area contributed by atoms with Crippen molar-refractivity contribution in [1.82, 2.24) is 4.90 Å². The van der Waals surface area contributed by atoms with Gasteiger partial charge in [-0.1, -0.05) is 32.4 Å². The Morgan fingerprint density at radius 2 is 1.18 bits per heavy atom. The number of aromatic hydroxyl groups is 1. The Kier molecular flexibility index (Phi) is 24.1. The van der Waals surface area contributed by atoms with Crippen molar-refractivity contribution in [3.8, 4) is 23.0 Å². The van der Waals surface area contributed by atoms with E-state index in [1.807, 2.05) is 0 Å². The van der Waals surface area contributed by atoms with Gasteiger partial charge in [0, 0.05) is 14.2 Å². The van der Waals surface area contributed by atoms with Crippen LogP contribution in [-0.2, 0) is 18.9 Å². The number of hydrogen-bond donors (Lipinski definition) is 1. The largest absolute Gasteiger partial charge is 0.504 e. The number of methoxy groups -OCH3 is 6. The lowest BCUT2D eigenvalue weighted by Crippen LogP contribution is -2.21. The molecule has 0 radical (unpaired) electrons. The molecule has 0 aliphatic heterocycles. The molecule has 0 aliphatic carbocycles. The molecule has 0 bridgehead atoms. The van der Waals surface area contributed by atoms with E-state index in [1.165, 1.54) is 73.4 Å². The summed E-state index contributed by atoms with van der Waals surface area (Å²) in [5, 5.41) is 9.21. The van der Waals surface area contributed by atoms with Gasteiger partial charge in [-0.25, -0.2) is 9.59 Å². The van der Waals surface area contributed by atoms with Gasteiger partial charge in [-0.2, -0.15) is 0 Å². The Morgan fingerprint density at radius 3 is 1.52 bits per heavy atom. The first-order valence-electron chi connectivity index (χ1n) is 12.3. The molecule has 228 valence electrons. The Labute approximate surface area is 242 Å². The first kappa shape index (κ1) is 38.9. The molecule has 2 aromatic carbocycles. The van der Waals surface area contributed by atoms with Crippen LogP contribution in [0.25, 0.3) is 0 Å². The predicted octanol–water partition coefficient (Wildman–Crippen LogP) is 4.83. The molecular weight excluding hydrogens is 546 g/mol. The van der Waals surface area contributed by atoms with Crippen molar-refractivity contribution in [2.45, 2.75) is 20.8 Å². The van der Waals surface area contributed by atoms with Gasteiger partial charge in [0.1, 0.15) is 6.07 Å². The summed E-state index contributed by atoms with van der Waals surface area (Å²) in [5.41, 5.74) is 0.751. The molecule has 11 nitrogen and oxygen atoms in total. The predicted molar refractivity (Wildman–Crippen MR) is 154 cm³/mol. The second kappa shape index (κ2) is 24.8. The highest BCUT2D eigenvalue weighted by Crippen LogP contribution is 2.28. The number of hydrogen-bond acceptors (Lipinski definition) is 11. The maximum atomic E-state index is 11.3. The smallest absolute Gasteiger partial charge is 0.337 e. The highest BCUT2D eigenvalue weighted by Gasteiger charge is 2.11. The number of esters is 2. The molecule has 0 spiro atoms. The van der Waals surface area contributed by atoms with Crippen LogP contribution < -0.4 is 14.2 Å². The number of alkyl halides is 1. The maximum absolute atomic E-state index is 11.3. The van der Waals surface area contributed by atoms with Gasteiger partial charge in [-0.3, -0.25) is 0 Å². The summed E-state index contributed by atoms with van der Waals surface area (Å²) in [5.74, 6) is 0.338. The molecule has 0 saturated carbocycles. The van der Waals surface area contributed by atoms with Crippen LogP contribution in [0.5, 0.6) is 23.0 Å². The standard InChI is InChI=1S/C11H14O5.C9H10O4.C6H15N.C2H5ClO/c1-13-7-16-9-5-4-8(11(12)15-3)6-10(9)14-2;1-12-8-5-6(9(11)13-2)3-4-7(8)10;1-4-7(5-2)6-3;1-4-2-3/h4-6H,7H2,1-3H3;3-5,10H,1-2H3;4-6H2,1-3H3;2H2,1H3. The zero-order valence-corrected chi connectivity index (χ0v) is 25.7. The third-order valence-electron chi connectivity index (χ3n) is 4.97. The van der Waals surface area contributed by atoms with Crippen LogP contribution in [0, 0.1) is 0 Å². The first-order valence-corrected chi connectivity index (χ1v) is 12.8. The third-order valence-corrected chi connectivity index (χ3v) is 5.19. The zero-order valence-electron chi connectivity index (χ0n) is 24.9. The highest BCUT2D eigenvalue weighted by atomic mass is 35.5. The minimum atomic E-state index is -0.460. The summed E-state index contributed by atoms with van der Waals surface area (Å²) in [4.78, 5) is 24.7. The molecule has 0 fully saturated rings. The fraction of sp³-hybridized carbons (Fsp3) is 0.500. The summed E-state index contributed by atoms with van der Waals surface area (Å²) in [7, 11) is 8.60. The molecule has 0 amide bonds. The van der Waals surface area contributed by atoms with E-state index < -0.39 is 11.9 Å². The Bertz CT molecular complexity index is 947. The van der Waals surface area contributed by atoms with E-state index in [9.17, 15) is 14.7 Å². The lowest BCUT2D eigenvalue weighted by molar-refractivity contribution is 0.0490. The summed E-state index contributed by atoms with van der Waals surface area (Å²) in [6, 6.07) is 9.33. The lowest BCUT2D eigenvalue weighted by Gasteiger charge is -2.13. The number of rotatable bonds is 11. The number of benzene rings is 2. The van der Waals surface area contributed by atoms with Crippen molar-refractivity contribution in [2.24, 2.45) is 0 Å². The minimum absolute atomic E-state index is 0.00449. The molecule has 0 heterocycles. The monoisotopic (exact) mass is 589 g/mol. The Balaban J connectivity index is 0. The zero-order chi connectivity index (χ0) is 30.9.